The molecule has 2 aliphatic heterocycles. The number of hydroxylamine groups is 2. The number of carbonyl (C=O) groups is 3. The number of carbonyl (C=O) groups excluding carboxylic acids is 3. The van der Waals surface area contributed by atoms with Crippen molar-refractivity contribution in [1.82, 2.24) is 14.9 Å². The maximum atomic E-state index is 14.9. The largest absolute Gasteiger partial charge is 0.367 e. The molecule has 0 aromatic heterocycles. The fourth-order valence-electron chi connectivity index (χ4n) is 4.92. The number of nitrogens with zero attached hydrogens (tertiary/aromatic N) is 4. The number of anilines is 2. The lowest BCUT2D eigenvalue weighted by Gasteiger charge is -2.35. The van der Waals surface area contributed by atoms with Crippen LogP contribution in [0.2, 0.25) is 0 Å². The van der Waals surface area contributed by atoms with Gasteiger partial charge in [0.25, 0.3) is 0 Å². The fourth-order valence-corrected chi connectivity index (χ4v) is 4.92. The summed E-state index contributed by atoms with van der Waals surface area (Å²) in [6.45, 7) is 8.71. The van der Waals surface area contributed by atoms with E-state index in [0.29, 0.717) is 42.2 Å². The van der Waals surface area contributed by atoms with E-state index in [1.54, 1.807) is 12.1 Å². The number of rotatable bonds is 11. The van der Waals surface area contributed by atoms with Crippen molar-refractivity contribution < 1.29 is 24.0 Å². The van der Waals surface area contributed by atoms with Crippen LogP contribution < -0.4 is 10.2 Å². The Labute approximate surface area is 206 Å². The number of amides is 3. The molecular weight excluding hydrogens is 453 g/mol. The quantitative estimate of drug-likeness (QED) is 0.281. The van der Waals surface area contributed by atoms with Crippen molar-refractivity contribution >= 4 is 29.6 Å². The number of halogens is 1. The van der Waals surface area contributed by atoms with Crippen LogP contribution in [0, 0.1) is 11.7 Å². The standard InChI is InChI=1S/C25H38FN5O4/c1-3-5-7-19(17-30(35)18-32)25(34)31-11-6-8-23(31)24(33)27-20-9-10-22(21(26)16-20)29-14-12-28(4-2)13-15-29/h9-10,16,18-19,23,35H,3-8,11-15,17H2,1-2H3,(H,27,33)/t19-,23+/m1/s1. The highest BCUT2D eigenvalue weighted by Crippen LogP contribution is 2.27. The van der Waals surface area contributed by atoms with Gasteiger partial charge in [-0.25, -0.2) is 9.45 Å². The summed E-state index contributed by atoms with van der Waals surface area (Å²) in [5.74, 6) is -1.57. The number of likely N-dealkylation sites (N-methyl/N-ethyl adjacent to an activating group) is 1. The molecule has 0 saturated carbocycles. The zero-order valence-electron chi connectivity index (χ0n) is 20.8. The Balaban J connectivity index is 1.64. The average molecular weight is 492 g/mol. The maximum absolute atomic E-state index is 14.9. The van der Waals surface area contributed by atoms with E-state index >= 15 is 0 Å². The molecular formula is C25H38FN5O4. The first-order valence-corrected chi connectivity index (χ1v) is 12.7. The summed E-state index contributed by atoms with van der Waals surface area (Å²) in [6.07, 6.45) is 3.63. The Morgan fingerprint density at radius 1 is 1.23 bits per heavy atom. The van der Waals surface area contributed by atoms with Crippen LogP contribution in [0.15, 0.2) is 18.2 Å². The molecule has 2 saturated heterocycles. The molecule has 0 bridgehead atoms. The van der Waals surface area contributed by atoms with E-state index in [0.717, 1.165) is 45.6 Å². The normalized spacial score (nSPS) is 19.5. The Bertz CT molecular complexity index is 877. The summed E-state index contributed by atoms with van der Waals surface area (Å²) < 4.78 is 14.9. The van der Waals surface area contributed by atoms with E-state index < -0.39 is 12.0 Å². The first-order valence-electron chi connectivity index (χ1n) is 12.7. The van der Waals surface area contributed by atoms with Crippen LogP contribution >= 0.6 is 0 Å². The number of hydrogen-bond donors (Lipinski definition) is 2. The van der Waals surface area contributed by atoms with Crippen LogP contribution in [0.5, 0.6) is 0 Å². The van der Waals surface area contributed by atoms with Gasteiger partial charge in [0.2, 0.25) is 18.2 Å². The van der Waals surface area contributed by atoms with Crippen LogP contribution in [0.1, 0.15) is 46.0 Å². The monoisotopic (exact) mass is 491 g/mol. The third-order valence-corrected chi connectivity index (χ3v) is 7.00. The summed E-state index contributed by atoms with van der Waals surface area (Å²) in [7, 11) is 0. The number of benzene rings is 1. The minimum Gasteiger partial charge on any atom is -0.367 e. The van der Waals surface area contributed by atoms with Gasteiger partial charge in [0.05, 0.1) is 18.2 Å². The van der Waals surface area contributed by atoms with Crippen molar-refractivity contribution in [3.63, 3.8) is 0 Å². The van der Waals surface area contributed by atoms with Crippen LogP contribution in [0.3, 0.4) is 0 Å². The predicted molar refractivity (Wildman–Crippen MR) is 132 cm³/mol. The zero-order valence-corrected chi connectivity index (χ0v) is 20.8. The van der Waals surface area contributed by atoms with Crippen molar-refractivity contribution in [2.24, 2.45) is 5.92 Å². The van der Waals surface area contributed by atoms with Crippen molar-refractivity contribution in [1.29, 1.82) is 0 Å². The number of unbranched alkanes of at least 4 members (excludes halogenated alkanes) is 1. The van der Waals surface area contributed by atoms with Crippen molar-refractivity contribution in [2.45, 2.75) is 52.0 Å². The molecule has 0 unspecified atom stereocenters. The van der Waals surface area contributed by atoms with Gasteiger partial charge in [-0.15, -0.1) is 0 Å². The summed E-state index contributed by atoms with van der Waals surface area (Å²) >= 11 is 0. The maximum Gasteiger partial charge on any atom is 0.247 e. The number of hydrogen-bond acceptors (Lipinski definition) is 6. The van der Waals surface area contributed by atoms with E-state index in [4.69, 9.17) is 0 Å². The second-order valence-electron chi connectivity index (χ2n) is 9.33. The smallest absolute Gasteiger partial charge is 0.247 e. The van der Waals surface area contributed by atoms with Gasteiger partial charge in [-0.2, -0.15) is 0 Å². The molecule has 2 atom stereocenters. The van der Waals surface area contributed by atoms with E-state index in [1.807, 2.05) is 11.8 Å². The summed E-state index contributed by atoms with van der Waals surface area (Å²) in [5, 5.41) is 12.9. The molecule has 0 aliphatic carbocycles. The molecule has 0 radical (unpaired) electrons. The number of piperazine rings is 1. The van der Waals surface area contributed by atoms with Gasteiger partial charge in [-0.3, -0.25) is 19.6 Å². The van der Waals surface area contributed by atoms with E-state index in [9.17, 15) is 24.0 Å². The Kier molecular flexibility index (Phi) is 9.85. The molecule has 9 nitrogen and oxygen atoms in total. The first-order chi connectivity index (χ1) is 16.9. The summed E-state index contributed by atoms with van der Waals surface area (Å²) in [4.78, 5) is 43.0. The van der Waals surface area contributed by atoms with Crippen LogP contribution in [0.25, 0.3) is 0 Å². The minimum atomic E-state index is -0.667. The van der Waals surface area contributed by atoms with Crippen LogP contribution in [-0.4, -0.2) is 90.1 Å². The second-order valence-corrected chi connectivity index (χ2v) is 9.33. The van der Waals surface area contributed by atoms with Gasteiger partial charge in [0.15, 0.2) is 0 Å². The lowest BCUT2D eigenvalue weighted by Crippen LogP contribution is -2.47. The SMILES string of the molecule is CCCC[C@H](CN(O)C=O)C(=O)N1CCC[C@H]1C(=O)Nc1ccc(N2CCN(CC)CC2)c(F)c1. The fraction of sp³-hybridized carbons (Fsp3) is 0.640. The highest BCUT2D eigenvalue weighted by atomic mass is 19.1. The highest BCUT2D eigenvalue weighted by Gasteiger charge is 2.37. The molecule has 1 aromatic carbocycles. The molecule has 3 rings (SSSR count). The molecule has 1 aromatic rings. The minimum absolute atomic E-state index is 0.105. The van der Waals surface area contributed by atoms with Gasteiger partial charge >= 0.3 is 0 Å². The molecule has 35 heavy (non-hydrogen) atoms. The number of nitrogens with one attached hydrogen (secondary N) is 1. The van der Waals surface area contributed by atoms with Crippen LogP contribution in [-0.2, 0) is 14.4 Å². The lowest BCUT2D eigenvalue weighted by molar-refractivity contribution is -0.157. The Morgan fingerprint density at radius 2 is 1.97 bits per heavy atom. The van der Waals surface area contributed by atoms with Gasteiger partial charge in [0, 0.05) is 38.4 Å². The van der Waals surface area contributed by atoms with E-state index in [-0.39, 0.29) is 30.6 Å². The molecule has 0 spiro atoms. The molecule has 2 N–H and O–H groups in total. The van der Waals surface area contributed by atoms with Crippen LogP contribution in [0.4, 0.5) is 15.8 Å². The van der Waals surface area contributed by atoms with Crippen molar-refractivity contribution in [3.8, 4) is 0 Å². The molecule has 3 amide bonds. The molecule has 10 heteroatoms. The number of likely N-dealkylation sites (tertiary alicyclic amines) is 1. The lowest BCUT2D eigenvalue weighted by atomic mass is 9.99. The Morgan fingerprint density at radius 3 is 2.60 bits per heavy atom. The van der Waals surface area contributed by atoms with E-state index in [1.165, 1.54) is 11.0 Å². The molecule has 194 valence electrons. The van der Waals surface area contributed by atoms with Gasteiger partial charge in [0.1, 0.15) is 11.9 Å². The van der Waals surface area contributed by atoms with Gasteiger partial charge in [-0.05, 0) is 44.0 Å². The highest BCUT2D eigenvalue weighted by molar-refractivity contribution is 5.98. The third kappa shape index (κ3) is 6.91. The van der Waals surface area contributed by atoms with Crippen molar-refractivity contribution in [3.05, 3.63) is 24.0 Å². The molecule has 2 heterocycles. The third-order valence-electron chi connectivity index (χ3n) is 7.00. The van der Waals surface area contributed by atoms with Gasteiger partial charge in [-0.1, -0.05) is 26.7 Å². The zero-order chi connectivity index (χ0) is 25.4. The van der Waals surface area contributed by atoms with Gasteiger partial charge < -0.3 is 20.0 Å². The second kappa shape index (κ2) is 12.8. The summed E-state index contributed by atoms with van der Waals surface area (Å²) in [5.41, 5.74) is 0.881. The topological polar surface area (TPSA) is 96.4 Å². The predicted octanol–water partition coefficient (Wildman–Crippen LogP) is 2.55. The van der Waals surface area contributed by atoms with Crippen molar-refractivity contribution in [2.75, 3.05) is 56.0 Å². The Hall–Kier alpha value is -2.72. The summed E-state index contributed by atoms with van der Waals surface area (Å²) in [6, 6.07) is 4.06. The van der Waals surface area contributed by atoms with E-state index in [2.05, 4.69) is 17.1 Å². The molecule has 2 fully saturated rings. The first kappa shape index (κ1) is 26.9. The molecule has 2 aliphatic rings. The average Bonchev–Trinajstić information content (AvgIpc) is 3.36.